The highest BCUT2D eigenvalue weighted by Crippen LogP contribution is 2.06. The normalized spacial score (nSPS) is 15.7. The zero-order valence-corrected chi connectivity index (χ0v) is 9.02. The molecule has 0 aliphatic heterocycles. The molecule has 0 heterocycles. The van der Waals surface area contributed by atoms with Gasteiger partial charge >= 0.3 is 0 Å². The van der Waals surface area contributed by atoms with Crippen LogP contribution in [-0.4, -0.2) is 18.8 Å². The van der Waals surface area contributed by atoms with Crippen molar-refractivity contribution < 1.29 is 8.91 Å². The Morgan fingerprint density at radius 3 is 2.86 bits per heavy atom. The highest BCUT2D eigenvalue weighted by molar-refractivity contribution is 5.99. The molecule has 0 aromatic heterocycles. The Hall–Kier alpha value is -0.860. The lowest BCUT2D eigenvalue weighted by Crippen LogP contribution is -2.30. The average molecular weight is 217 g/mol. The Morgan fingerprint density at radius 2 is 2.29 bits per heavy atom. The summed E-state index contributed by atoms with van der Waals surface area (Å²) >= 11 is 0. The van der Waals surface area contributed by atoms with Gasteiger partial charge in [0.15, 0.2) is 5.78 Å². The standard InChI is InChI=1S/C11H15NO.ClH/c1-8-5-4-6-10(7-8)11(13)9(2)12-3;/h4-7,9,12H,1-3H3;1H/i3D3;. The summed E-state index contributed by atoms with van der Waals surface area (Å²) in [5.41, 5.74) is 1.51. The zero-order valence-electron chi connectivity index (χ0n) is 11.2. The first-order valence-electron chi connectivity index (χ1n) is 5.68. The predicted molar refractivity (Wildman–Crippen MR) is 61.3 cm³/mol. The van der Waals surface area contributed by atoms with Crippen molar-refractivity contribution in [3.05, 3.63) is 35.4 Å². The first-order chi connectivity index (χ1) is 7.29. The summed E-state index contributed by atoms with van der Waals surface area (Å²) < 4.78 is 21.1. The number of likely N-dealkylation sites (N-methyl/N-ethyl adjacent to an activating group) is 1. The molecule has 1 rings (SSSR count). The van der Waals surface area contributed by atoms with E-state index >= 15 is 0 Å². The minimum atomic E-state index is -2.29. The van der Waals surface area contributed by atoms with Crippen LogP contribution in [0.25, 0.3) is 0 Å². The van der Waals surface area contributed by atoms with E-state index in [1.54, 1.807) is 25.1 Å². The van der Waals surface area contributed by atoms with Crippen LogP contribution in [-0.2, 0) is 0 Å². The van der Waals surface area contributed by atoms with Crippen molar-refractivity contribution in [2.45, 2.75) is 19.9 Å². The van der Waals surface area contributed by atoms with Gasteiger partial charge in [-0.1, -0.05) is 23.8 Å². The maximum absolute atomic E-state index is 11.9. The minimum Gasteiger partial charge on any atom is -0.310 e. The smallest absolute Gasteiger partial charge is 0.179 e. The van der Waals surface area contributed by atoms with E-state index in [9.17, 15) is 4.79 Å². The van der Waals surface area contributed by atoms with Gasteiger partial charge in [-0.25, -0.2) is 0 Å². The fraction of sp³-hybridized carbons (Fsp3) is 0.364. The van der Waals surface area contributed by atoms with E-state index in [1.807, 2.05) is 13.0 Å². The number of hydrogen-bond donors (Lipinski definition) is 1. The highest BCUT2D eigenvalue weighted by Gasteiger charge is 2.12. The molecule has 2 nitrogen and oxygen atoms in total. The van der Waals surface area contributed by atoms with Crippen LogP contribution in [0.15, 0.2) is 24.3 Å². The Labute approximate surface area is 95.3 Å². The van der Waals surface area contributed by atoms with Gasteiger partial charge < -0.3 is 5.32 Å². The van der Waals surface area contributed by atoms with Crippen molar-refractivity contribution in [2.75, 3.05) is 6.98 Å². The van der Waals surface area contributed by atoms with Gasteiger partial charge in [-0.3, -0.25) is 4.79 Å². The molecular formula is C11H16ClNO. The molecule has 1 N–H and O–H groups in total. The first kappa shape index (κ1) is 8.45. The van der Waals surface area contributed by atoms with E-state index in [0.717, 1.165) is 5.56 Å². The summed E-state index contributed by atoms with van der Waals surface area (Å²) in [4.78, 5) is 11.9. The summed E-state index contributed by atoms with van der Waals surface area (Å²) in [5, 5.41) is 2.29. The quantitative estimate of drug-likeness (QED) is 0.785. The number of nitrogens with one attached hydrogen (secondary N) is 1. The molecule has 1 atom stereocenters. The van der Waals surface area contributed by atoms with Crippen LogP contribution in [0, 0.1) is 6.92 Å². The lowest BCUT2D eigenvalue weighted by molar-refractivity contribution is 0.0955. The van der Waals surface area contributed by atoms with E-state index in [-0.39, 0.29) is 18.2 Å². The van der Waals surface area contributed by atoms with Gasteiger partial charge in [-0.2, -0.15) is 0 Å². The molecule has 78 valence electrons. The summed E-state index contributed by atoms with van der Waals surface area (Å²) in [6.07, 6.45) is 0. The van der Waals surface area contributed by atoms with Gasteiger partial charge in [0, 0.05) is 9.68 Å². The van der Waals surface area contributed by atoms with Crippen molar-refractivity contribution in [3.63, 3.8) is 0 Å². The van der Waals surface area contributed by atoms with Crippen LogP contribution < -0.4 is 5.32 Å². The summed E-state index contributed by atoms with van der Waals surface area (Å²) in [6, 6.07) is 6.39. The molecule has 0 fully saturated rings. The Kier molecular flexibility index (Phi) is 3.49. The molecule has 0 aliphatic rings. The predicted octanol–water partition coefficient (Wildman–Crippen LogP) is 2.21. The van der Waals surface area contributed by atoms with Crippen LogP contribution in [0.2, 0.25) is 0 Å². The van der Waals surface area contributed by atoms with Gasteiger partial charge in [0.2, 0.25) is 0 Å². The third kappa shape index (κ3) is 3.13. The number of carbonyl (C=O) groups excluding carboxylic acids is 1. The Balaban J connectivity index is 0.00000256. The average Bonchev–Trinajstić information content (AvgIpc) is 2.14. The molecular weight excluding hydrogens is 198 g/mol. The van der Waals surface area contributed by atoms with Gasteiger partial charge in [-0.05, 0) is 26.9 Å². The molecule has 1 aromatic rings. The monoisotopic (exact) mass is 216 g/mol. The number of ketones is 1. The van der Waals surface area contributed by atoms with Crippen molar-refractivity contribution in [1.29, 1.82) is 0 Å². The van der Waals surface area contributed by atoms with Crippen molar-refractivity contribution in [2.24, 2.45) is 0 Å². The lowest BCUT2D eigenvalue weighted by Gasteiger charge is -2.08. The van der Waals surface area contributed by atoms with Crippen LogP contribution in [0.3, 0.4) is 0 Å². The molecule has 0 saturated carbocycles. The van der Waals surface area contributed by atoms with Crippen molar-refractivity contribution in [3.8, 4) is 0 Å². The van der Waals surface area contributed by atoms with E-state index in [2.05, 4.69) is 5.32 Å². The third-order valence-corrected chi connectivity index (χ3v) is 1.91. The number of carbonyl (C=O) groups is 1. The number of aryl methyl sites for hydroxylation is 1. The number of benzene rings is 1. The van der Waals surface area contributed by atoms with Gasteiger partial charge in [0.05, 0.1) is 6.04 Å². The summed E-state index contributed by atoms with van der Waals surface area (Å²) in [6.45, 7) is 1.15. The molecule has 0 radical (unpaired) electrons. The van der Waals surface area contributed by atoms with E-state index in [0.29, 0.717) is 5.56 Å². The molecule has 0 amide bonds. The Bertz CT molecular complexity index is 393. The maximum atomic E-state index is 11.9. The molecule has 3 heteroatoms. The van der Waals surface area contributed by atoms with Crippen LogP contribution in [0.5, 0.6) is 0 Å². The van der Waals surface area contributed by atoms with E-state index in [1.165, 1.54) is 0 Å². The second kappa shape index (κ2) is 5.78. The second-order valence-electron chi connectivity index (χ2n) is 3.10. The molecule has 0 spiro atoms. The fourth-order valence-corrected chi connectivity index (χ4v) is 1.11. The molecule has 1 unspecified atom stereocenters. The number of hydrogen-bond acceptors (Lipinski definition) is 2. The van der Waals surface area contributed by atoms with E-state index < -0.39 is 13.0 Å². The van der Waals surface area contributed by atoms with E-state index in [4.69, 9.17) is 4.11 Å². The summed E-state index contributed by atoms with van der Waals surface area (Å²) in [7, 11) is 0. The van der Waals surface area contributed by atoms with Crippen molar-refractivity contribution >= 4 is 18.2 Å². The largest absolute Gasteiger partial charge is 0.310 e. The van der Waals surface area contributed by atoms with Crippen LogP contribution >= 0.6 is 12.4 Å². The zero-order chi connectivity index (χ0) is 12.3. The van der Waals surface area contributed by atoms with Crippen molar-refractivity contribution in [1.82, 2.24) is 5.32 Å². The van der Waals surface area contributed by atoms with Crippen LogP contribution in [0.4, 0.5) is 0 Å². The lowest BCUT2D eigenvalue weighted by atomic mass is 10.0. The molecule has 14 heavy (non-hydrogen) atoms. The minimum absolute atomic E-state index is 0. The molecule has 0 bridgehead atoms. The molecule has 0 aliphatic carbocycles. The van der Waals surface area contributed by atoms with Crippen LogP contribution in [0.1, 0.15) is 27.0 Å². The summed E-state index contributed by atoms with van der Waals surface area (Å²) in [5.74, 6) is -0.208. The first-order valence-corrected chi connectivity index (χ1v) is 4.18. The van der Waals surface area contributed by atoms with Gasteiger partial charge in [-0.15, -0.1) is 12.4 Å². The third-order valence-electron chi connectivity index (χ3n) is 1.91. The number of halogens is 1. The molecule has 1 aromatic carbocycles. The topological polar surface area (TPSA) is 29.1 Å². The second-order valence-corrected chi connectivity index (χ2v) is 3.10. The Morgan fingerprint density at radius 1 is 1.57 bits per heavy atom. The highest BCUT2D eigenvalue weighted by atomic mass is 35.5. The molecule has 0 saturated heterocycles. The van der Waals surface area contributed by atoms with Gasteiger partial charge in [0.25, 0.3) is 0 Å². The van der Waals surface area contributed by atoms with Gasteiger partial charge in [0.1, 0.15) is 0 Å². The number of rotatable bonds is 3. The SMILES string of the molecule is Cl.[2H]C([2H])([2H])NC(C)C(=O)c1cccc(C)c1. The fourth-order valence-electron chi connectivity index (χ4n) is 1.11. The number of Topliss-reactive ketones (excluding diaryl/α,β-unsaturated/α-hetero) is 1. The maximum Gasteiger partial charge on any atom is 0.179 e.